The third-order valence-corrected chi connectivity index (χ3v) is 3.01. The molecule has 1 fully saturated rings. The molecule has 0 aromatic heterocycles. The summed E-state index contributed by atoms with van der Waals surface area (Å²) in [7, 11) is 1.60. The molecule has 2 N–H and O–H groups in total. The van der Waals surface area contributed by atoms with E-state index in [-0.39, 0.29) is 11.9 Å². The molecule has 16 heavy (non-hydrogen) atoms. The highest BCUT2D eigenvalue weighted by Gasteiger charge is 2.35. The minimum atomic E-state index is -0.652. The van der Waals surface area contributed by atoms with E-state index in [9.17, 15) is 9.90 Å². The molecule has 1 rings (SSSR count). The summed E-state index contributed by atoms with van der Waals surface area (Å²) in [6.07, 6.45) is 0.725. The van der Waals surface area contributed by atoms with E-state index in [1.165, 1.54) is 0 Å². The van der Waals surface area contributed by atoms with Gasteiger partial charge in [-0.15, -0.1) is 0 Å². The summed E-state index contributed by atoms with van der Waals surface area (Å²) in [6, 6.07) is -0.189. The van der Waals surface area contributed by atoms with E-state index in [2.05, 4.69) is 5.32 Å². The fourth-order valence-corrected chi connectivity index (χ4v) is 1.90. The maximum Gasteiger partial charge on any atom is 0.237 e. The fraction of sp³-hybridized carbons (Fsp3) is 0.909. The van der Waals surface area contributed by atoms with E-state index in [0.717, 1.165) is 13.0 Å². The summed E-state index contributed by atoms with van der Waals surface area (Å²) in [5, 5.41) is 12.6. The second kappa shape index (κ2) is 5.61. The van der Waals surface area contributed by atoms with Gasteiger partial charge in [0.15, 0.2) is 0 Å². The topological polar surface area (TPSA) is 61.8 Å². The van der Waals surface area contributed by atoms with E-state index in [0.29, 0.717) is 19.7 Å². The zero-order chi connectivity index (χ0) is 12.2. The van der Waals surface area contributed by atoms with Crippen LogP contribution in [0.15, 0.2) is 0 Å². The van der Waals surface area contributed by atoms with E-state index < -0.39 is 5.60 Å². The third-order valence-electron chi connectivity index (χ3n) is 3.01. The van der Waals surface area contributed by atoms with Gasteiger partial charge >= 0.3 is 0 Å². The SMILES string of the molecule is COCCNC(=O)C(C)N1CCC(C)(O)C1. The van der Waals surface area contributed by atoms with Gasteiger partial charge in [0.2, 0.25) is 5.91 Å². The molecule has 2 atom stereocenters. The van der Waals surface area contributed by atoms with Crippen LogP contribution in [0, 0.1) is 0 Å². The average molecular weight is 230 g/mol. The molecule has 5 heteroatoms. The number of hydrogen-bond acceptors (Lipinski definition) is 4. The van der Waals surface area contributed by atoms with Crippen LogP contribution in [0.1, 0.15) is 20.3 Å². The molecule has 0 saturated carbocycles. The molecular formula is C11H22N2O3. The van der Waals surface area contributed by atoms with Crippen molar-refractivity contribution in [2.75, 3.05) is 33.4 Å². The number of methoxy groups -OCH3 is 1. The highest BCUT2D eigenvalue weighted by Crippen LogP contribution is 2.21. The number of hydrogen-bond donors (Lipinski definition) is 2. The number of rotatable bonds is 5. The average Bonchev–Trinajstić information content (AvgIpc) is 2.58. The van der Waals surface area contributed by atoms with Crippen molar-refractivity contribution in [3.8, 4) is 0 Å². The van der Waals surface area contributed by atoms with Crippen molar-refractivity contribution in [2.45, 2.75) is 31.9 Å². The number of carbonyl (C=O) groups excluding carboxylic acids is 1. The smallest absolute Gasteiger partial charge is 0.237 e. The normalized spacial score (nSPS) is 28.0. The molecule has 1 amide bonds. The van der Waals surface area contributed by atoms with Crippen molar-refractivity contribution >= 4 is 5.91 Å². The molecule has 1 aliphatic rings. The molecule has 0 spiro atoms. The lowest BCUT2D eigenvalue weighted by molar-refractivity contribution is -0.125. The molecule has 2 unspecified atom stereocenters. The van der Waals surface area contributed by atoms with Gasteiger partial charge in [-0.05, 0) is 20.3 Å². The van der Waals surface area contributed by atoms with Gasteiger partial charge in [0.25, 0.3) is 0 Å². The lowest BCUT2D eigenvalue weighted by atomic mass is 10.1. The van der Waals surface area contributed by atoms with Gasteiger partial charge in [0, 0.05) is 26.7 Å². The van der Waals surface area contributed by atoms with Gasteiger partial charge < -0.3 is 15.2 Å². The predicted octanol–water partition coefficient (Wildman–Crippen LogP) is -0.406. The quantitative estimate of drug-likeness (QED) is 0.631. The third kappa shape index (κ3) is 3.73. The Kier molecular flexibility index (Phi) is 4.70. The van der Waals surface area contributed by atoms with Crippen LogP contribution in [-0.4, -0.2) is 60.9 Å². The summed E-state index contributed by atoms with van der Waals surface area (Å²) < 4.78 is 4.86. The van der Waals surface area contributed by atoms with Crippen molar-refractivity contribution < 1.29 is 14.6 Å². The number of ether oxygens (including phenoxy) is 1. The molecule has 0 radical (unpaired) electrons. The molecule has 1 aliphatic heterocycles. The van der Waals surface area contributed by atoms with E-state index in [4.69, 9.17) is 4.74 Å². The van der Waals surface area contributed by atoms with Crippen molar-refractivity contribution in [1.29, 1.82) is 0 Å². The molecule has 0 aromatic rings. The minimum Gasteiger partial charge on any atom is -0.389 e. The largest absolute Gasteiger partial charge is 0.389 e. The molecular weight excluding hydrogens is 208 g/mol. The second-order valence-electron chi connectivity index (χ2n) is 4.68. The Morgan fingerprint density at radius 1 is 1.69 bits per heavy atom. The van der Waals surface area contributed by atoms with Crippen molar-refractivity contribution in [1.82, 2.24) is 10.2 Å². The van der Waals surface area contributed by atoms with Crippen molar-refractivity contribution in [3.63, 3.8) is 0 Å². The minimum absolute atomic E-state index is 0.00486. The van der Waals surface area contributed by atoms with Gasteiger partial charge in [-0.3, -0.25) is 9.69 Å². The Labute approximate surface area is 96.8 Å². The molecule has 1 heterocycles. The Morgan fingerprint density at radius 3 is 2.88 bits per heavy atom. The number of likely N-dealkylation sites (tertiary alicyclic amines) is 1. The van der Waals surface area contributed by atoms with Crippen LogP contribution in [0.5, 0.6) is 0 Å². The molecule has 1 saturated heterocycles. The number of aliphatic hydroxyl groups is 1. The Morgan fingerprint density at radius 2 is 2.38 bits per heavy atom. The van der Waals surface area contributed by atoms with Gasteiger partial charge in [-0.1, -0.05) is 0 Å². The standard InChI is InChI=1S/C11H22N2O3/c1-9(10(14)12-5-7-16-3)13-6-4-11(2,15)8-13/h9,15H,4-8H2,1-3H3,(H,12,14). The maximum atomic E-state index is 11.7. The van der Waals surface area contributed by atoms with Crippen molar-refractivity contribution in [3.05, 3.63) is 0 Å². The fourth-order valence-electron chi connectivity index (χ4n) is 1.90. The zero-order valence-corrected chi connectivity index (χ0v) is 10.3. The van der Waals surface area contributed by atoms with E-state index in [1.54, 1.807) is 7.11 Å². The lowest BCUT2D eigenvalue weighted by Crippen LogP contribution is -2.46. The first-order valence-corrected chi connectivity index (χ1v) is 5.69. The van der Waals surface area contributed by atoms with E-state index >= 15 is 0 Å². The van der Waals surface area contributed by atoms with Crippen LogP contribution in [0.3, 0.4) is 0 Å². The second-order valence-corrected chi connectivity index (χ2v) is 4.68. The van der Waals surface area contributed by atoms with Crippen LogP contribution < -0.4 is 5.32 Å². The first kappa shape index (κ1) is 13.4. The number of β-amino-alcohol motifs (C(OH)–C–C–N with tert-alkyl or cyclic N) is 1. The summed E-state index contributed by atoms with van der Waals surface area (Å²) in [5.41, 5.74) is -0.652. The first-order chi connectivity index (χ1) is 7.46. The molecule has 0 aromatic carbocycles. The van der Waals surface area contributed by atoms with Gasteiger partial charge in [0.05, 0.1) is 18.2 Å². The van der Waals surface area contributed by atoms with Crippen LogP contribution in [0.2, 0.25) is 0 Å². The number of nitrogens with zero attached hydrogens (tertiary/aromatic N) is 1. The Balaban J connectivity index is 2.34. The van der Waals surface area contributed by atoms with Crippen LogP contribution in [0.25, 0.3) is 0 Å². The monoisotopic (exact) mass is 230 g/mol. The number of amides is 1. The van der Waals surface area contributed by atoms with E-state index in [1.807, 2.05) is 18.7 Å². The molecule has 0 aliphatic carbocycles. The lowest BCUT2D eigenvalue weighted by Gasteiger charge is -2.24. The first-order valence-electron chi connectivity index (χ1n) is 5.69. The molecule has 94 valence electrons. The summed E-state index contributed by atoms with van der Waals surface area (Å²) in [5.74, 6) is -0.00486. The van der Waals surface area contributed by atoms with Gasteiger partial charge in [-0.2, -0.15) is 0 Å². The predicted molar refractivity (Wildman–Crippen MR) is 61.2 cm³/mol. The van der Waals surface area contributed by atoms with Crippen LogP contribution in [-0.2, 0) is 9.53 Å². The van der Waals surface area contributed by atoms with Gasteiger partial charge in [-0.25, -0.2) is 0 Å². The zero-order valence-electron chi connectivity index (χ0n) is 10.3. The molecule has 5 nitrogen and oxygen atoms in total. The summed E-state index contributed by atoms with van der Waals surface area (Å²) >= 11 is 0. The number of nitrogens with one attached hydrogen (secondary N) is 1. The number of carbonyl (C=O) groups is 1. The van der Waals surface area contributed by atoms with Gasteiger partial charge in [0.1, 0.15) is 0 Å². The van der Waals surface area contributed by atoms with Crippen LogP contribution in [0.4, 0.5) is 0 Å². The maximum absolute atomic E-state index is 11.7. The highest BCUT2D eigenvalue weighted by molar-refractivity contribution is 5.81. The van der Waals surface area contributed by atoms with Crippen LogP contribution >= 0.6 is 0 Å². The van der Waals surface area contributed by atoms with Crippen molar-refractivity contribution in [2.24, 2.45) is 0 Å². The Bertz CT molecular complexity index is 243. The summed E-state index contributed by atoms with van der Waals surface area (Å²) in [6.45, 7) is 6.06. The Hall–Kier alpha value is -0.650. The molecule has 0 bridgehead atoms. The summed E-state index contributed by atoms with van der Waals surface area (Å²) in [4.78, 5) is 13.7. The highest BCUT2D eigenvalue weighted by atomic mass is 16.5.